The van der Waals surface area contributed by atoms with E-state index < -0.39 is 42.6 Å². The first kappa shape index (κ1) is 23.9. The van der Waals surface area contributed by atoms with E-state index in [9.17, 15) is 19.4 Å². The van der Waals surface area contributed by atoms with Crippen LogP contribution in [0.2, 0.25) is 5.02 Å². The maximum absolute atomic E-state index is 13.1. The number of rotatable bonds is 9. The molecule has 0 radical (unpaired) electrons. The summed E-state index contributed by atoms with van der Waals surface area (Å²) in [4.78, 5) is 16.4. The van der Waals surface area contributed by atoms with Gasteiger partial charge in [-0.25, -0.2) is 4.39 Å². The lowest BCUT2D eigenvalue weighted by atomic mass is 10.0. The molecular formula is C21H23ClFN3O6. The van der Waals surface area contributed by atoms with Crippen molar-refractivity contribution in [2.45, 2.75) is 31.4 Å². The van der Waals surface area contributed by atoms with Gasteiger partial charge in [0, 0.05) is 11.5 Å². The van der Waals surface area contributed by atoms with E-state index in [2.05, 4.69) is 10.1 Å². The molecule has 0 bridgehead atoms. The third kappa shape index (κ3) is 5.16. The fourth-order valence-corrected chi connectivity index (χ4v) is 3.04. The number of carbonyl (C=O) groups is 1. The van der Waals surface area contributed by atoms with Gasteiger partial charge in [-0.05, 0) is 32.0 Å². The second kappa shape index (κ2) is 9.78. The van der Waals surface area contributed by atoms with Crippen LogP contribution in [0.1, 0.15) is 37.3 Å². The van der Waals surface area contributed by atoms with Crippen LogP contribution >= 0.6 is 11.6 Å². The van der Waals surface area contributed by atoms with Crippen molar-refractivity contribution in [3.05, 3.63) is 52.7 Å². The SMILES string of the molecule is CC(Oc1cc2onc(C(C)C(=O)OCC(N)(CO)CO)c2cc1Cl)c1ccc(F)cn1. The number of esters is 1. The van der Waals surface area contributed by atoms with Crippen molar-refractivity contribution >= 4 is 28.5 Å². The van der Waals surface area contributed by atoms with E-state index >= 15 is 0 Å². The Balaban J connectivity index is 1.77. The molecule has 2 atom stereocenters. The summed E-state index contributed by atoms with van der Waals surface area (Å²) in [6.45, 7) is 1.83. The Labute approximate surface area is 187 Å². The van der Waals surface area contributed by atoms with Crippen LogP contribution < -0.4 is 10.5 Å². The quantitative estimate of drug-likeness (QED) is 0.404. The lowest BCUT2D eigenvalue weighted by molar-refractivity contribution is -0.148. The van der Waals surface area contributed by atoms with Crippen molar-refractivity contribution in [2.24, 2.45) is 5.73 Å². The van der Waals surface area contributed by atoms with E-state index in [1.54, 1.807) is 19.9 Å². The summed E-state index contributed by atoms with van der Waals surface area (Å²) in [7, 11) is 0. The Hall–Kier alpha value is -2.79. The first-order valence-electron chi connectivity index (χ1n) is 9.71. The molecule has 2 unspecified atom stereocenters. The number of carbonyl (C=O) groups excluding carboxylic acids is 1. The fraction of sp³-hybridized carbons (Fsp3) is 0.381. The van der Waals surface area contributed by atoms with Crippen LogP contribution in [0.4, 0.5) is 4.39 Å². The van der Waals surface area contributed by atoms with Crippen molar-refractivity contribution in [3.8, 4) is 5.75 Å². The summed E-state index contributed by atoms with van der Waals surface area (Å²) in [6, 6.07) is 5.89. The first-order chi connectivity index (χ1) is 15.2. The zero-order valence-corrected chi connectivity index (χ0v) is 18.2. The number of benzene rings is 1. The molecule has 0 fully saturated rings. The van der Waals surface area contributed by atoms with Crippen molar-refractivity contribution in [2.75, 3.05) is 19.8 Å². The monoisotopic (exact) mass is 467 g/mol. The van der Waals surface area contributed by atoms with Crippen molar-refractivity contribution in [1.82, 2.24) is 10.1 Å². The molecule has 0 amide bonds. The van der Waals surface area contributed by atoms with Gasteiger partial charge in [0.2, 0.25) is 0 Å². The summed E-state index contributed by atoms with van der Waals surface area (Å²) in [6.07, 6.45) is 0.579. The van der Waals surface area contributed by atoms with E-state index in [0.717, 1.165) is 6.20 Å². The molecule has 1 aromatic carbocycles. The molecule has 11 heteroatoms. The smallest absolute Gasteiger partial charge is 0.314 e. The molecule has 0 saturated heterocycles. The summed E-state index contributed by atoms with van der Waals surface area (Å²) >= 11 is 6.37. The van der Waals surface area contributed by atoms with Gasteiger partial charge in [-0.2, -0.15) is 0 Å². The molecule has 0 saturated carbocycles. The zero-order valence-electron chi connectivity index (χ0n) is 17.4. The molecule has 3 rings (SSSR count). The average molecular weight is 468 g/mol. The highest BCUT2D eigenvalue weighted by molar-refractivity contribution is 6.32. The van der Waals surface area contributed by atoms with Crippen LogP contribution in [0.3, 0.4) is 0 Å². The highest BCUT2D eigenvalue weighted by Crippen LogP contribution is 2.36. The van der Waals surface area contributed by atoms with Gasteiger partial charge in [0.15, 0.2) is 5.58 Å². The van der Waals surface area contributed by atoms with Gasteiger partial charge in [0.1, 0.15) is 35.9 Å². The third-order valence-electron chi connectivity index (χ3n) is 4.92. The van der Waals surface area contributed by atoms with Crippen LogP contribution in [0.15, 0.2) is 35.0 Å². The Morgan fingerprint density at radius 1 is 1.31 bits per heavy atom. The molecule has 0 aliphatic heterocycles. The number of aromatic nitrogens is 2. The molecular weight excluding hydrogens is 445 g/mol. The van der Waals surface area contributed by atoms with Crippen molar-refractivity contribution < 1.29 is 33.4 Å². The van der Waals surface area contributed by atoms with Crippen LogP contribution in [0, 0.1) is 5.82 Å². The maximum Gasteiger partial charge on any atom is 0.314 e. The molecule has 9 nitrogen and oxygen atoms in total. The number of ether oxygens (including phenoxy) is 2. The minimum atomic E-state index is -1.44. The number of fused-ring (bicyclic) bond motifs is 1. The highest BCUT2D eigenvalue weighted by Gasteiger charge is 2.29. The van der Waals surface area contributed by atoms with E-state index in [4.69, 9.17) is 31.3 Å². The number of halogens is 2. The van der Waals surface area contributed by atoms with Crippen LogP contribution in [0.25, 0.3) is 11.0 Å². The Morgan fingerprint density at radius 3 is 2.66 bits per heavy atom. The van der Waals surface area contributed by atoms with Crippen LogP contribution in [0.5, 0.6) is 5.75 Å². The second-order valence-corrected chi connectivity index (χ2v) is 7.92. The number of nitrogens with zero attached hydrogens (tertiary/aromatic N) is 2. The van der Waals surface area contributed by atoms with Gasteiger partial charge in [-0.1, -0.05) is 16.8 Å². The number of hydrogen-bond donors (Lipinski definition) is 3. The van der Waals surface area contributed by atoms with E-state index in [1.807, 2.05) is 0 Å². The van der Waals surface area contributed by atoms with Gasteiger partial charge >= 0.3 is 5.97 Å². The predicted octanol–water partition coefficient (Wildman–Crippen LogP) is 2.48. The first-order valence-corrected chi connectivity index (χ1v) is 10.1. The van der Waals surface area contributed by atoms with Gasteiger partial charge in [0.25, 0.3) is 0 Å². The molecule has 0 aliphatic carbocycles. The zero-order chi connectivity index (χ0) is 23.5. The molecule has 2 aromatic heterocycles. The number of hydrogen-bond acceptors (Lipinski definition) is 9. The van der Waals surface area contributed by atoms with Crippen molar-refractivity contribution in [1.29, 1.82) is 0 Å². The predicted molar refractivity (Wildman–Crippen MR) is 113 cm³/mol. The lowest BCUT2D eigenvalue weighted by Crippen LogP contribution is -2.52. The molecule has 32 heavy (non-hydrogen) atoms. The normalized spacial score (nSPS) is 13.7. The topological polar surface area (TPSA) is 141 Å². The molecule has 2 heterocycles. The molecule has 0 spiro atoms. The van der Waals surface area contributed by atoms with E-state index in [-0.39, 0.29) is 11.6 Å². The molecule has 172 valence electrons. The van der Waals surface area contributed by atoms with E-state index in [1.165, 1.54) is 18.2 Å². The minimum Gasteiger partial charge on any atom is -0.483 e. The van der Waals surface area contributed by atoms with Gasteiger partial charge in [-0.15, -0.1) is 0 Å². The third-order valence-corrected chi connectivity index (χ3v) is 5.21. The Morgan fingerprint density at radius 2 is 2.03 bits per heavy atom. The highest BCUT2D eigenvalue weighted by atomic mass is 35.5. The standard InChI is InChI=1S/C21H23ClFN3O6/c1-11(20(29)30-10-21(24,8-27)9-28)19-14-5-15(22)18(6-17(14)32-26-19)31-12(2)16-4-3-13(23)7-25-16/h3-7,11-12,27-28H,8-10,24H2,1-2H3. The largest absolute Gasteiger partial charge is 0.483 e. The molecule has 3 aromatic rings. The summed E-state index contributed by atoms with van der Waals surface area (Å²) in [5.74, 6) is -1.64. The van der Waals surface area contributed by atoms with Crippen LogP contribution in [-0.4, -0.2) is 51.7 Å². The maximum atomic E-state index is 13.1. The molecule has 4 N–H and O–H groups in total. The van der Waals surface area contributed by atoms with Gasteiger partial charge in [-0.3, -0.25) is 9.78 Å². The summed E-state index contributed by atoms with van der Waals surface area (Å²) < 4.78 is 29.4. The Bertz CT molecular complexity index is 1090. The minimum absolute atomic E-state index is 0.248. The number of aliphatic hydroxyl groups excluding tert-OH is 2. The van der Waals surface area contributed by atoms with Crippen LogP contribution in [-0.2, 0) is 9.53 Å². The fourth-order valence-electron chi connectivity index (χ4n) is 2.83. The average Bonchev–Trinajstić information content (AvgIpc) is 3.19. The van der Waals surface area contributed by atoms with Gasteiger partial charge < -0.3 is 29.9 Å². The van der Waals surface area contributed by atoms with Gasteiger partial charge in [0.05, 0.1) is 35.7 Å². The lowest BCUT2D eigenvalue weighted by Gasteiger charge is -2.24. The molecule has 0 aliphatic rings. The number of aliphatic hydroxyl groups is 2. The number of nitrogens with two attached hydrogens (primary N) is 1. The van der Waals surface area contributed by atoms with Crippen molar-refractivity contribution in [3.63, 3.8) is 0 Å². The number of pyridine rings is 1. The second-order valence-electron chi connectivity index (χ2n) is 7.52. The van der Waals surface area contributed by atoms with E-state index in [0.29, 0.717) is 28.1 Å². The summed E-state index contributed by atoms with van der Waals surface area (Å²) in [5.41, 5.74) is 5.41. The Kier molecular flexibility index (Phi) is 7.29. The summed E-state index contributed by atoms with van der Waals surface area (Å²) in [5, 5.41) is 23.1.